The van der Waals surface area contributed by atoms with Crippen molar-refractivity contribution in [3.8, 4) is 11.4 Å². The lowest BCUT2D eigenvalue weighted by Crippen LogP contribution is -2.35. The number of carbonyl (C=O) groups excluding carboxylic acids is 1. The molecule has 2 aromatic heterocycles. The molecule has 0 spiro atoms. The highest BCUT2D eigenvalue weighted by Gasteiger charge is 2.17. The number of methoxy groups -OCH3 is 1. The van der Waals surface area contributed by atoms with Crippen molar-refractivity contribution in [1.82, 2.24) is 35.3 Å². The average molecular weight is 356 g/mol. The Bertz CT molecular complexity index is 871. The first-order valence-electron chi connectivity index (χ1n) is 7.95. The van der Waals surface area contributed by atoms with Crippen molar-refractivity contribution in [2.75, 3.05) is 19.0 Å². The van der Waals surface area contributed by atoms with Crippen LogP contribution >= 0.6 is 0 Å². The molecule has 0 saturated heterocycles. The molecule has 3 rings (SSSR count). The van der Waals surface area contributed by atoms with E-state index in [-0.39, 0.29) is 12.1 Å². The Morgan fingerprint density at radius 2 is 2.00 bits per heavy atom. The fourth-order valence-corrected chi connectivity index (χ4v) is 2.52. The van der Waals surface area contributed by atoms with Crippen LogP contribution in [0, 0.1) is 0 Å². The summed E-state index contributed by atoms with van der Waals surface area (Å²) in [7, 11) is 5.11. The third-order valence-corrected chi connectivity index (χ3v) is 3.76. The summed E-state index contributed by atoms with van der Waals surface area (Å²) in [5, 5.41) is 21.7. The Balaban J connectivity index is 1.64. The van der Waals surface area contributed by atoms with Crippen molar-refractivity contribution < 1.29 is 9.53 Å². The molecule has 2 amide bonds. The minimum atomic E-state index is -0.335. The van der Waals surface area contributed by atoms with E-state index in [1.807, 2.05) is 25.2 Å². The van der Waals surface area contributed by atoms with E-state index in [1.165, 1.54) is 4.80 Å². The third kappa shape index (κ3) is 4.03. The second-order valence-electron chi connectivity index (χ2n) is 5.67. The summed E-state index contributed by atoms with van der Waals surface area (Å²) in [6, 6.07) is 8.39. The van der Waals surface area contributed by atoms with Crippen LogP contribution in [0.25, 0.3) is 11.4 Å². The molecule has 0 radical (unpaired) electrons. The molecule has 10 nitrogen and oxygen atoms in total. The zero-order chi connectivity index (χ0) is 18.5. The highest BCUT2D eigenvalue weighted by atomic mass is 16.5. The van der Waals surface area contributed by atoms with Crippen LogP contribution in [0.2, 0.25) is 0 Å². The van der Waals surface area contributed by atoms with Crippen molar-refractivity contribution in [2.24, 2.45) is 14.1 Å². The number of ether oxygens (including phenoxy) is 1. The number of hydrogen-bond donors (Lipinski definition) is 2. The number of benzene rings is 1. The zero-order valence-electron chi connectivity index (χ0n) is 14.7. The number of tetrazole rings is 1. The number of aromatic nitrogens is 6. The maximum atomic E-state index is 12.3. The van der Waals surface area contributed by atoms with Crippen molar-refractivity contribution in [3.05, 3.63) is 42.2 Å². The van der Waals surface area contributed by atoms with Crippen LogP contribution in [0.1, 0.15) is 11.7 Å². The van der Waals surface area contributed by atoms with Gasteiger partial charge in [0.1, 0.15) is 0 Å². The van der Waals surface area contributed by atoms with Crippen molar-refractivity contribution in [1.29, 1.82) is 0 Å². The lowest BCUT2D eigenvalue weighted by molar-refractivity contribution is 0.165. The lowest BCUT2D eigenvalue weighted by atomic mass is 10.2. The number of rotatable bonds is 6. The molecule has 3 aromatic rings. The van der Waals surface area contributed by atoms with Gasteiger partial charge < -0.3 is 15.4 Å². The summed E-state index contributed by atoms with van der Waals surface area (Å²) in [6.45, 7) is 0.338. The Labute approximate surface area is 150 Å². The number of anilines is 1. The first kappa shape index (κ1) is 17.5. The Hall–Kier alpha value is -3.27. The number of urea groups is 1. The monoisotopic (exact) mass is 356 g/mol. The summed E-state index contributed by atoms with van der Waals surface area (Å²) in [5.74, 6) is 0.528. The first-order valence-corrected chi connectivity index (χ1v) is 7.95. The van der Waals surface area contributed by atoms with Gasteiger partial charge in [-0.05, 0) is 35.5 Å². The number of carbonyl (C=O) groups is 1. The van der Waals surface area contributed by atoms with Crippen LogP contribution in [0.3, 0.4) is 0 Å². The van der Waals surface area contributed by atoms with Crippen molar-refractivity contribution in [3.63, 3.8) is 0 Å². The summed E-state index contributed by atoms with van der Waals surface area (Å²) in [6.07, 6.45) is 1.68. The van der Waals surface area contributed by atoms with Gasteiger partial charge in [-0.25, -0.2) is 4.79 Å². The van der Waals surface area contributed by atoms with Crippen LogP contribution < -0.4 is 10.6 Å². The van der Waals surface area contributed by atoms with Crippen LogP contribution in [-0.4, -0.2) is 49.7 Å². The molecule has 0 aliphatic rings. The van der Waals surface area contributed by atoms with E-state index in [4.69, 9.17) is 4.74 Å². The highest BCUT2D eigenvalue weighted by Crippen LogP contribution is 2.17. The Morgan fingerprint density at radius 3 is 2.58 bits per heavy atom. The van der Waals surface area contributed by atoms with Gasteiger partial charge in [0.2, 0.25) is 5.82 Å². The molecule has 10 heteroatoms. The van der Waals surface area contributed by atoms with Crippen LogP contribution in [0.4, 0.5) is 10.5 Å². The molecule has 136 valence electrons. The minimum Gasteiger partial charge on any atom is -0.382 e. The Morgan fingerprint density at radius 1 is 1.23 bits per heavy atom. The van der Waals surface area contributed by atoms with Crippen LogP contribution in [-0.2, 0) is 18.8 Å². The number of nitrogens with zero attached hydrogens (tertiary/aromatic N) is 6. The summed E-state index contributed by atoms with van der Waals surface area (Å²) >= 11 is 0. The van der Waals surface area contributed by atoms with E-state index in [2.05, 4.69) is 31.1 Å². The predicted octanol–water partition coefficient (Wildman–Crippen LogP) is 1.12. The summed E-state index contributed by atoms with van der Waals surface area (Å²) in [4.78, 5) is 13.7. The molecule has 26 heavy (non-hydrogen) atoms. The number of nitrogens with one attached hydrogen (secondary N) is 2. The average Bonchev–Trinajstić information content (AvgIpc) is 3.23. The van der Waals surface area contributed by atoms with Gasteiger partial charge in [0.15, 0.2) is 0 Å². The molecule has 0 aliphatic heterocycles. The molecule has 1 aromatic carbocycles. The van der Waals surface area contributed by atoms with Gasteiger partial charge in [0.05, 0.1) is 25.4 Å². The number of amides is 2. The van der Waals surface area contributed by atoms with Gasteiger partial charge in [-0.1, -0.05) is 0 Å². The first-order chi connectivity index (χ1) is 12.6. The summed E-state index contributed by atoms with van der Waals surface area (Å²) in [5.41, 5.74) is 2.32. The second kappa shape index (κ2) is 7.74. The second-order valence-corrected chi connectivity index (χ2v) is 5.67. The van der Waals surface area contributed by atoms with Crippen LogP contribution in [0.15, 0.2) is 36.5 Å². The molecule has 0 saturated carbocycles. The molecule has 1 atom stereocenters. The lowest BCUT2D eigenvalue weighted by Gasteiger charge is -2.18. The Kier molecular flexibility index (Phi) is 5.23. The van der Waals surface area contributed by atoms with E-state index in [1.54, 1.807) is 37.2 Å². The van der Waals surface area contributed by atoms with Gasteiger partial charge in [0, 0.05) is 31.6 Å². The van der Waals surface area contributed by atoms with Crippen molar-refractivity contribution in [2.45, 2.75) is 6.04 Å². The molecular weight excluding hydrogens is 336 g/mol. The quantitative estimate of drug-likeness (QED) is 0.684. The number of aryl methyl sites for hydroxylation is 2. The number of hydrogen-bond acceptors (Lipinski definition) is 6. The van der Waals surface area contributed by atoms with E-state index in [0.717, 1.165) is 11.3 Å². The summed E-state index contributed by atoms with van der Waals surface area (Å²) < 4.78 is 6.90. The smallest absolute Gasteiger partial charge is 0.319 e. The maximum Gasteiger partial charge on any atom is 0.319 e. The fraction of sp³-hybridized carbons (Fsp3) is 0.312. The van der Waals surface area contributed by atoms with Crippen LogP contribution in [0.5, 0.6) is 0 Å². The fourth-order valence-electron chi connectivity index (χ4n) is 2.52. The SMILES string of the molecule is COC[C@H](NC(=O)Nc1ccc(-c2nnn(C)n2)cc1)c1ccnn1C. The maximum absolute atomic E-state index is 12.3. The standard InChI is InChI=1S/C16H20N8O2/c1-23-14(8-9-17-23)13(10-26-3)19-16(25)18-12-6-4-11(5-7-12)15-20-22-24(2)21-15/h4-9,13H,10H2,1-3H3,(H2,18,19,25)/t13-/m0/s1. The predicted molar refractivity (Wildman–Crippen MR) is 94.2 cm³/mol. The largest absolute Gasteiger partial charge is 0.382 e. The van der Waals surface area contributed by atoms with E-state index < -0.39 is 0 Å². The molecule has 0 fully saturated rings. The van der Waals surface area contributed by atoms with E-state index in [0.29, 0.717) is 18.1 Å². The molecule has 2 heterocycles. The van der Waals surface area contributed by atoms with E-state index >= 15 is 0 Å². The third-order valence-electron chi connectivity index (χ3n) is 3.76. The topological polar surface area (TPSA) is 112 Å². The molecular formula is C16H20N8O2. The molecule has 0 bridgehead atoms. The van der Waals surface area contributed by atoms with Crippen molar-refractivity contribution >= 4 is 11.7 Å². The zero-order valence-corrected chi connectivity index (χ0v) is 14.7. The normalized spacial score (nSPS) is 12.0. The molecule has 0 aliphatic carbocycles. The molecule has 0 unspecified atom stereocenters. The minimum absolute atomic E-state index is 0.310. The van der Waals surface area contributed by atoms with Gasteiger partial charge in [0.25, 0.3) is 0 Å². The van der Waals surface area contributed by atoms with Gasteiger partial charge in [-0.3, -0.25) is 4.68 Å². The highest BCUT2D eigenvalue weighted by molar-refractivity contribution is 5.89. The molecule has 2 N–H and O–H groups in total. The van der Waals surface area contributed by atoms with E-state index in [9.17, 15) is 4.79 Å². The van der Waals surface area contributed by atoms with Gasteiger partial charge in [-0.2, -0.15) is 9.90 Å². The van der Waals surface area contributed by atoms with Gasteiger partial charge in [-0.15, -0.1) is 10.2 Å². The van der Waals surface area contributed by atoms with Gasteiger partial charge >= 0.3 is 6.03 Å².